The first-order valence-electron chi connectivity index (χ1n) is 38.9. The Labute approximate surface area is 717 Å². The molecule has 4 unspecified atom stereocenters. The van der Waals surface area contributed by atoms with Crippen LogP contribution in [0.15, 0.2) is 206 Å². The summed E-state index contributed by atoms with van der Waals surface area (Å²) in [7, 11) is 0. The van der Waals surface area contributed by atoms with Gasteiger partial charge in [0.15, 0.2) is 0 Å². The molecule has 29 heteroatoms. The van der Waals surface area contributed by atoms with Gasteiger partial charge in [-0.25, -0.2) is 0 Å². The van der Waals surface area contributed by atoms with Crippen LogP contribution in [0.5, 0.6) is 0 Å². The monoisotopic (exact) mass is 1850 g/mol. The van der Waals surface area contributed by atoms with E-state index in [-0.39, 0.29) is 21.7 Å². The van der Waals surface area contributed by atoms with Gasteiger partial charge in [0.2, 0.25) is 0 Å². The SMILES string of the molecule is CC#N.CC1C(C)N1c1c(-c2ccc(C(C)(C)C)cc2)cccc1-c1ccc(C(C)(C)C)cc1.CC1C(C)N1c1c(-c2ccc(C(C)(C)C)cc2)cccc1-c1ccc(C(C)(C)C)cc1.FC(F)(F)c1cc([B-](c2cc(C(F)(F)F)cc(C(F)(F)F)c2)(c2cc(C(F)(F)F)cc(C(F)(F)F)c2)c2cc(C(F)(F)F)cc(C(F)(F)F)c2)cc(C(F)(F)F)c1.[CH3][Pd+]. The first kappa shape index (κ1) is 99.8. The van der Waals surface area contributed by atoms with Crippen molar-refractivity contribution in [2.45, 2.75) is 218 Å². The van der Waals surface area contributed by atoms with E-state index in [4.69, 9.17) is 5.26 Å². The number of nitrogens with zero attached hydrogens (tertiary/aromatic N) is 3. The topological polar surface area (TPSA) is 29.8 Å². The summed E-state index contributed by atoms with van der Waals surface area (Å²) < 4.78 is 341. The number of hydrogen-bond donors (Lipinski definition) is 0. The summed E-state index contributed by atoms with van der Waals surface area (Å²) in [6.45, 7) is 38.0. The second-order valence-corrected chi connectivity index (χ2v) is 34.9. The van der Waals surface area contributed by atoms with Crippen LogP contribution in [0.1, 0.15) is 184 Å². The molecule has 4 atom stereocenters. The predicted octanol–water partition coefficient (Wildman–Crippen LogP) is 28.8. The molecule has 2 fully saturated rings. The Morgan fingerprint density at radius 3 is 0.500 bits per heavy atom. The Morgan fingerprint density at radius 1 is 0.250 bits per heavy atom. The molecule has 124 heavy (non-hydrogen) atoms. The van der Waals surface area contributed by atoms with Crippen molar-refractivity contribution in [2.24, 2.45) is 0 Å². The first-order chi connectivity index (χ1) is 56.6. The zero-order valence-corrected chi connectivity index (χ0v) is 72.3. The summed E-state index contributed by atoms with van der Waals surface area (Å²) in [5.41, 5.74) is -10.8. The Bertz CT molecular complexity index is 4640. The second-order valence-electron chi connectivity index (χ2n) is 34.9. The van der Waals surface area contributed by atoms with Crippen LogP contribution in [0.4, 0.5) is 117 Å². The van der Waals surface area contributed by atoms with Gasteiger partial charge in [-0.3, -0.25) is 0 Å². The molecular weight excluding hydrogens is 1760 g/mol. The third-order valence-electron chi connectivity index (χ3n) is 22.2. The maximum absolute atomic E-state index is 14.2. The molecule has 2 heterocycles. The molecule has 0 radical (unpaired) electrons. The van der Waals surface area contributed by atoms with Crippen LogP contribution in [0.25, 0.3) is 44.5 Å². The van der Waals surface area contributed by atoms with E-state index in [1.165, 1.54) is 85.1 Å². The van der Waals surface area contributed by atoms with Crippen LogP contribution < -0.4 is 31.7 Å². The van der Waals surface area contributed by atoms with Crippen LogP contribution in [0, 0.1) is 11.3 Å². The van der Waals surface area contributed by atoms with Gasteiger partial charge in [0, 0.05) is 53.3 Å². The molecule has 10 aromatic rings. The van der Waals surface area contributed by atoms with E-state index >= 15 is 0 Å². The van der Waals surface area contributed by atoms with Gasteiger partial charge in [0.05, 0.1) is 62.0 Å². The Hall–Kier alpha value is -9.66. The molecule has 2 aliphatic rings. The number of anilines is 2. The maximum atomic E-state index is 14.2. The first-order valence-corrected chi connectivity index (χ1v) is 40.4. The summed E-state index contributed by atoms with van der Waals surface area (Å²) in [6, 6.07) is 45.5. The summed E-state index contributed by atoms with van der Waals surface area (Å²) in [5.74, 6) is 0. The third kappa shape index (κ3) is 22.9. The quantitative estimate of drug-likeness (QED) is 0.0776. The van der Waals surface area contributed by atoms with Crippen molar-refractivity contribution < 1.29 is 125 Å². The second kappa shape index (κ2) is 36.0. The van der Waals surface area contributed by atoms with Crippen LogP contribution in [-0.2, 0) is 90.3 Å². The van der Waals surface area contributed by atoms with Crippen molar-refractivity contribution in [3.8, 4) is 50.6 Å². The van der Waals surface area contributed by atoms with Gasteiger partial charge in [-0.15, -0.1) is 0 Å². The molecule has 2 aliphatic heterocycles. The number of halogens is 24. The minimum atomic E-state index is -6.13. The molecule has 0 spiro atoms. The Kier molecular flexibility index (Phi) is 29.0. The minimum absolute atomic E-state index is 0.168. The standard InChI is InChI=1S/C32H12BF24.2C30H37N.C2H3N.CH3.Pd/c34-25(35,36)13-1-14(26(37,38)39)6-21(5-13)33(22-7-15(27(40,41)42)2-16(8-22)28(43,44)45,23-9-17(29(46,47)48)3-18(10-23)30(49,50)51)24-11-19(31(52,53)54)4-20(12-24)32(55,56)57;2*1-20-21(2)31(20)28-26(22-12-16-24(17-13-22)29(3,4)5)10-9-11-27(28)23-14-18-25(19-15-23)30(6,7)8;1-2-3;;/h1-12H;2*9-21H,1-8H3;1H3;1H3;/q-1;;;;;+1. The normalized spacial score (nSPS) is 16.2. The van der Waals surface area contributed by atoms with Gasteiger partial charge in [-0.2, -0.15) is 132 Å². The van der Waals surface area contributed by atoms with E-state index < -0.39 is 195 Å². The predicted molar refractivity (Wildman–Crippen MR) is 439 cm³/mol. The van der Waals surface area contributed by atoms with Crippen molar-refractivity contribution in [1.82, 2.24) is 0 Å². The molecule has 668 valence electrons. The number of para-hydroxylation sites is 2. The molecular formula is C95H92BF24N3Pd. The number of rotatable bonds is 10. The summed E-state index contributed by atoms with van der Waals surface area (Å²) in [4.78, 5) is 5.14. The molecule has 0 amide bonds. The molecule has 12 rings (SSSR count). The average Bonchev–Trinajstić information content (AvgIpc) is 1.15. The third-order valence-corrected chi connectivity index (χ3v) is 22.2. The fourth-order valence-electron chi connectivity index (χ4n) is 15.1. The van der Waals surface area contributed by atoms with E-state index in [2.05, 4.69) is 273 Å². The molecule has 3 nitrogen and oxygen atoms in total. The van der Waals surface area contributed by atoms with Crippen molar-refractivity contribution in [3.05, 3.63) is 273 Å². The van der Waals surface area contributed by atoms with Gasteiger partial charge in [0.1, 0.15) is 6.15 Å². The Balaban J connectivity index is 0.000000240. The summed E-state index contributed by atoms with van der Waals surface area (Å²) in [6.07, 6.45) is -54.8. The number of nitriles is 1. The van der Waals surface area contributed by atoms with E-state index in [1.54, 1.807) is 6.07 Å². The van der Waals surface area contributed by atoms with Crippen molar-refractivity contribution in [3.63, 3.8) is 0 Å². The molecule has 0 aromatic heterocycles. The number of benzene rings is 10. The van der Waals surface area contributed by atoms with Gasteiger partial charge in [-0.1, -0.05) is 265 Å². The number of hydrogen-bond acceptors (Lipinski definition) is 3. The van der Waals surface area contributed by atoms with Gasteiger partial charge < -0.3 is 9.80 Å². The van der Waals surface area contributed by atoms with E-state index in [0.717, 1.165) is 0 Å². The summed E-state index contributed by atoms with van der Waals surface area (Å²) in [5, 5.41) is 9.17. The van der Waals surface area contributed by atoms with Gasteiger partial charge >= 0.3 is 74.0 Å². The molecule has 0 aliphatic carbocycles. The van der Waals surface area contributed by atoms with E-state index in [0.29, 0.717) is 24.2 Å². The van der Waals surface area contributed by atoms with Gasteiger partial charge in [-0.05, 0) is 118 Å². The molecule has 0 saturated carbocycles. The van der Waals surface area contributed by atoms with Gasteiger partial charge in [0.25, 0.3) is 0 Å². The molecule has 0 N–H and O–H groups in total. The zero-order valence-electron chi connectivity index (χ0n) is 70.7. The molecule has 2 saturated heterocycles. The fourth-order valence-corrected chi connectivity index (χ4v) is 15.1. The summed E-state index contributed by atoms with van der Waals surface area (Å²) >= 11 is 2.75. The Morgan fingerprint density at radius 2 is 0.387 bits per heavy atom. The van der Waals surface area contributed by atoms with E-state index in [1.807, 2.05) is 5.40 Å². The zero-order chi connectivity index (χ0) is 93.7. The van der Waals surface area contributed by atoms with Crippen molar-refractivity contribution in [2.75, 3.05) is 9.80 Å². The van der Waals surface area contributed by atoms with E-state index in [9.17, 15) is 105 Å². The van der Waals surface area contributed by atoms with Crippen LogP contribution in [0.3, 0.4) is 0 Å². The average molecular weight is 1850 g/mol. The fraction of sp³-hybridized carbons (Fsp3) is 0.358. The number of alkyl halides is 24. The van der Waals surface area contributed by atoms with Crippen LogP contribution in [0.2, 0.25) is 5.40 Å². The van der Waals surface area contributed by atoms with Crippen molar-refractivity contribution >= 4 is 39.4 Å². The van der Waals surface area contributed by atoms with Crippen molar-refractivity contribution in [1.29, 1.82) is 5.26 Å². The molecule has 0 bridgehead atoms. The van der Waals surface area contributed by atoms with Crippen LogP contribution >= 0.6 is 0 Å². The van der Waals surface area contributed by atoms with Crippen LogP contribution in [-0.4, -0.2) is 30.3 Å². The molecule has 10 aromatic carbocycles.